The second-order valence-electron chi connectivity index (χ2n) is 3.90. The SMILES string of the molecule is COc1ncc(Br)cc1NC(=O)OCc1ccccc1. The van der Waals surface area contributed by atoms with Gasteiger partial charge in [-0.2, -0.15) is 0 Å². The van der Waals surface area contributed by atoms with Crippen molar-refractivity contribution in [2.24, 2.45) is 0 Å². The lowest BCUT2D eigenvalue weighted by atomic mass is 10.2. The second kappa shape index (κ2) is 6.91. The van der Waals surface area contributed by atoms with Gasteiger partial charge in [-0.3, -0.25) is 5.32 Å². The Bertz CT molecular complexity index is 590. The number of benzene rings is 1. The van der Waals surface area contributed by atoms with Crippen LogP contribution in [0.15, 0.2) is 47.1 Å². The lowest BCUT2D eigenvalue weighted by molar-refractivity contribution is 0.155. The van der Waals surface area contributed by atoms with Crippen LogP contribution in [0.4, 0.5) is 10.5 Å². The molecule has 0 atom stereocenters. The van der Waals surface area contributed by atoms with Gasteiger partial charge in [-0.15, -0.1) is 0 Å². The summed E-state index contributed by atoms with van der Waals surface area (Å²) in [6.07, 6.45) is 1.02. The number of nitrogens with one attached hydrogen (secondary N) is 1. The zero-order valence-electron chi connectivity index (χ0n) is 10.8. The summed E-state index contributed by atoms with van der Waals surface area (Å²) in [6.45, 7) is 0.205. The molecule has 0 spiro atoms. The summed E-state index contributed by atoms with van der Waals surface area (Å²) in [4.78, 5) is 15.8. The highest BCUT2D eigenvalue weighted by Gasteiger charge is 2.10. The van der Waals surface area contributed by atoms with Gasteiger partial charge in [0.05, 0.1) is 7.11 Å². The molecule has 0 saturated carbocycles. The number of amides is 1. The minimum absolute atomic E-state index is 0.205. The Morgan fingerprint density at radius 3 is 2.80 bits per heavy atom. The van der Waals surface area contributed by atoms with Crippen molar-refractivity contribution in [3.63, 3.8) is 0 Å². The average Bonchev–Trinajstić information content (AvgIpc) is 2.46. The third-order valence-corrected chi connectivity index (χ3v) is 2.89. The molecule has 2 rings (SSSR count). The number of carbonyl (C=O) groups excluding carboxylic acids is 1. The Balaban J connectivity index is 1.96. The van der Waals surface area contributed by atoms with Crippen LogP contribution in [-0.4, -0.2) is 18.2 Å². The van der Waals surface area contributed by atoms with E-state index in [1.54, 1.807) is 12.3 Å². The molecule has 20 heavy (non-hydrogen) atoms. The van der Waals surface area contributed by atoms with E-state index in [1.165, 1.54) is 7.11 Å². The average molecular weight is 337 g/mol. The van der Waals surface area contributed by atoms with E-state index in [2.05, 4.69) is 26.2 Å². The van der Waals surface area contributed by atoms with E-state index in [4.69, 9.17) is 9.47 Å². The quantitative estimate of drug-likeness (QED) is 0.926. The number of rotatable bonds is 4. The highest BCUT2D eigenvalue weighted by atomic mass is 79.9. The first-order valence-electron chi connectivity index (χ1n) is 5.86. The molecule has 1 aromatic heterocycles. The summed E-state index contributed by atoms with van der Waals surface area (Å²) < 4.78 is 10.9. The molecule has 0 saturated heterocycles. The standard InChI is InChI=1S/C14H13BrN2O3/c1-19-13-12(7-11(15)8-16-13)17-14(18)20-9-10-5-3-2-4-6-10/h2-8H,9H2,1H3,(H,17,18). The Labute approximate surface area is 125 Å². The molecule has 0 radical (unpaired) electrons. The summed E-state index contributed by atoms with van der Waals surface area (Å²) in [5.74, 6) is 0.324. The van der Waals surface area contributed by atoms with Crippen LogP contribution < -0.4 is 10.1 Å². The highest BCUT2D eigenvalue weighted by Crippen LogP contribution is 2.25. The molecule has 0 fully saturated rings. The Hall–Kier alpha value is -2.08. The van der Waals surface area contributed by atoms with Crippen molar-refractivity contribution in [3.05, 3.63) is 52.6 Å². The smallest absolute Gasteiger partial charge is 0.412 e. The molecule has 0 unspecified atom stereocenters. The summed E-state index contributed by atoms with van der Waals surface area (Å²) in [5.41, 5.74) is 1.36. The molecule has 2 aromatic rings. The molecule has 0 bridgehead atoms. The summed E-state index contributed by atoms with van der Waals surface area (Å²) in [5, 5.41) is 2.59. The van der Waals surface area contributed by atoms with Gasteiger partial charge in [-0.05, 0) is 27.6 Å². The molecule has 1 N–H and O–H groups in total. The van der Waals surface area contributed by atoms with Crippen molar-refractivity contribution in [2.75, 3.05) is 12.4 Å². The molecule has 0 aliphatic heterocycles. The maximum absolute atomic E-state index is 11.7. The minimum Gasteiger partial charge on any atom is -0.480 e. The number of hydrogen-bond acceptors (Lipinski definition) is 4. The van der Waals surface area contributed by atoms with Gasteiger partial charge in [-0.1, -0.05) is 30.3 Å². The Kier molecular flexibility index (Phi) is 4.95. The number of nitrogens with zero attached hydrogens (tertiary/aromatic N) is 1. The number of methoxy groups -OCH3 is 1. The van der Waals surface area contributed by atoms with Crippen molar-refractivity contribution in [1.82, 2.24) is 4.98 Å². The van der Waals surface area contributed by atoms with Gasteiger partial charge in [0, 0.05) is 10.7 Å². The van der Waals surface area contributed by atoms with Crippen LogP contribution in [0.25, 0.3) is 0 Å². The minimum atomic E-state index is -0.563. The summed E-state index contributed by atoms with van der Waals surface area (Å²) in [6, 6.07) is 11.1. The Morgan fingerprint density at radius 2 is 2.10 bits per heavy atom. The number of halogens is 1. The normalized spacial score (nSPS) is 9.90. The van der Waals surface area contributed by atoms with Crippen molar-refractivity contribution in [3.8, 4) is 5.88 Å². The van der Waals surface area contributed by atoms with E-state index in [-0.39, 0.29) is 6.61 Å². The van der Waals surface area contributed by atoms with Crippen LogP contribution in [0.1, 0.15) is 5.56 Å². The van der Waals surface area contributed by atoms with E-state index >= 15 is 0 Å². The number of aromatic nitrogens is 1. The van der Waals surface area contributed by atoms with Crippen LogP contribution in [0.3, 0.4) is 0 Å². The topological polar surface area (TPSA) is 60.5 Å². The molecule has 0 aliphatic carbocycles. The number of ether oxygens (including phenoxy) is 2. The van der Waals surface area contributed by atoms with Crippen molar-refractivity contribution in [2.45, 2.75) is 6.61 Å². The second-order valence-corrected chi connectivity index (χ2v) is 4.81. The number of carbonyl (C=O) groups is 1. The van der Waals surface area contributed by atoms with Crippen molar-refractivity contribution < 1.29 is 14.3 Å². The Morgan fingerprint density at radius 1 is 1.35 bits per heavy atom. The fourth-order valence-electron chi connectivity index (χ4n) is 1.55. The van der Waals surface area contributed by atoms with Crippen LogP contribution in [0, 0.1) is 0 Å². The first-order chi connectivity index (χ1) is 9.69. The molecule has 104 valence electrons. The molecular weight excluding hydrogens is 324 g/mol. The van der Waals surface area contributed by atoms with E-state index in [0.717, 1.165) is 10.0 Å². The van der Waals surface area contributed by atoms with Crippen molar-refractivity contribution >= 4 is 27.7 Å². The van der Waals surface area contributed by atoms with Gasteiger partial charge in [0.2, 0.25) is 5.88 Å². The van der Waals surface area contributed by atoms with Gasteiger partial charge in [0.15, 0.2) is 0 Å². The molecule has 1 amide bonds. The predicted molar refractivity (Wildman–Crippen MR) is 78.7 cm³/mol. The lowest BCUT2D eigenvalue weighted by Gasteiger charge is -2.10. The van der Waals surface area contributed by atoms with E-state index in [1.807, 2.05) is 30.3 Å². The third-order valence-electron chi connectivity index (χ3n) is 2.46. The van der Waals surface area contributed by atoms with E-state index < -0.39 is 6.09 Å². The number of anilines is 1. The van der Waals surface area contributed by atoms with Crippen LogP contribution in [0.5, 0.6) is 5.88 Å². The first-order valence-corrected chi connectivity index (χ1v) is 6.65. The summed E-state index contributed by atoms with van der Waals surface area (Å²) in [7, 11) is 1.48. The zero-order valence-corrected chi connectivity index (χ0v) is 12.4. The fourth-order valence-corrected chi connectivity index (χ4v) is 1.88. The first kappa shape index (κ1) is 14.3. The van der Waals surface area contributed by atoms with Gasteiger partial charge in [0.1, 0.15) is 12.3 Å². The van der Waals surface area contributed by atoms with E-state index in [0.29, 0.717) is 11.6 Å². The van der Waals surface area contributed by atoms with Gasteiger partial charge < -0.3 is 9.47 Å². The maximum atomic E-state index is 11.7. The maximum Gasteiger partial charge on any atom is 0.412 e. The van der Waals surface area contributed by atoms with Gasteiger partial charge in [-0.25, -0.2) is 9.78 Å². The van der Waals surface area contributed by atoms with E-state index in [9.17, 15) is 4.79 Å². The third kappa shape index (κ3) is 3.96. The molecule has 1 heterocycles. The number of pyridine rings is 1. The molecule has 5 nitrogen and oxygen atoms in total. The molecule has 0 aliphatic rings. The fraction of sp³-hybridized carbons (Fsp3) is 0.143. The predicted octanol–water partition coefficient (Wildman–Crippen LogP) is 3.60. The van der Waals surface area contributed by atoms with Gasteiger partial charge >= 0.3 is 6.09 Å². The van der Waals surface area contributed by atoms with Crippen LogP contribution >= 0.6 is 15.9 Å². The van der Waals surface area contributed by atoms with Crippen molar-refractivity contribution in [1.29, 1.82) is 0 Å². The van der Waals surface area contributed by atoms with Crippen LogP contribution in [-0.2, 0) is 11.3 Å². The molecule has 6 heteroatoms. The summed E-state index contributed by atoms with van der Waals surface area (Å²) >= 11 is 3.28. The zero-order chi connectivity index (χ0) is 14.4. The molecular formula is C14H13BrN2O3. The largest absolute Gasteiger partial charge is 0.480 e. The lowest BCUT2D eigenvalue weighted by Crippen LogP contribution is -2.14. The van der Waals surface area contributed by atoms with Gasteiger partial charge in [0.25, 0.3) is 0 Å². The van der Waals surface area contributed by atoms with Crippen LogP contribution in [0.2, 0.25) is 0 Å². The number of hydrogen-bond donors (Lipinski definition) is 1. The highest BCUT2D eigenvalue weighted by molar-refractivity contribution is 9.10. The molecule has 1 aromatic carbocycles. The monoisotopic (exact) mass is 336 g/mol.